The van der Waals surface area contributed by atoms with Crippen molar-refractivity contribution in [1.82, 2.24) is 4.98 Å². The number of hydrogen-bond donors (Lipinski definition) is 1. The van der Waals surface area contributed by atoms with Gasteiger partial charge in [0.2, 0.25) is 0 Å². The summed E-state index contributed by atoms with van der Waals surface area (Å²) >= 11 is 0. The molecule has 0 spiro atoms. The second kappa shape index (κ2) is 2.84. The van der Waals surface area contributed by atoms with Crippen LogP contribution < -0.4 is 5.32 Å². The van der Waals surface area contributed by atoms with Gasteiger partial charge in [0.15, 0.2) is 0 Å². The summed E-state index contributed by atoms with van der Waals surface area (Å²) in [5, 5.41) is 4.58. The predicted molar refractivity (Wildman–Crippen MR) is 59.3 cm³/mol. The molecule has 0 atom stereocenters. The van der Waals surface area contributed by atoms with Crippen molar-refractivity contribution in [3.63, 3.8) is 0 Å². The first-order chi connectivity index (χ1) is 6.95. The Hall–Kier alpha value is -1.83. The van der Waals surface area contributed by atoms with Crippen molar-refractivity contribution in [3.05, 3.63) is 42.1 Å². The van der Waals surface area contributed by atoms with E-state index in [1.165, 1.54) is 16.6 Å². The molecule has 0 fully saturated rings. The second-order valence-corrected chi connectivity index (χ2v) is 3.38. The minimum absolute atomic E-state index is 0.904. The minimum atomic E-state index is 0.904. The molecular formula is C12H10N2. The number of anilines is 1. The number of rotatable bonds is 0. The van der Waals surface area contributed by atoms with E-state index in [4.69, 9.17) is 0 Å². The number of benzene rings is 1. The maximum Gasteiger partial charge on any atom is 0.0723 e. The van der Waals surface area contributed by atoms with E-state index < -0.39 is 0 Å². The molecule has 3 rings (SSSR count). The Morgan fingerprint density at radius 3 is 3.21 bits per heavy atom. The number of aromatic nitrogens is 1. The van der Waals surface area contributed by atoms with E-state index in [9.17, 15) is 0 Å². The van der Waals surface area contributed by atoms with E-state index in [0.29, 0.717) is 0 Å². The van der Waals surface area contributed by atoms with Crippen LogP contribution in [-0.4, -0.2) is 11.5 Å². The van der Waals surface area contributed by atoms with E-state index in [0.717, 1.165) is 12.1 Å². The lowest BCUT2D eigenvalue weighted by atomic mass is 10.0. The van der Waals surface area contributed by atoms with Gasteiger partial charge in [-0.2, -0.15) is 0 Å². The van der Waals surface area contributed by atoms with E-state index >= 15 is 0 Å². The molecule has 1 aliphatic rings. The van der Waals surface area contributed by atoms with Gasteiger partial charge < -0.3 is 5.32 Å². The third-order valence-corrected chi connectivity index (χ3v) is 2.51. The number of nitrogens with one attached hydrogen (secondary N) is 1. The first-order valence-corrected chi connectivity index (χ1v) is 4.73. The Kier molecular flexibility index (Phi) is 1.53. The highest BCUT2D eigenvalue weighted by Crippen LogP contribution is 2.28. The summed E-state index contributed by atoms with van der Waals surface area (Å²) in [6, 6.07) is 8.24. The van der Waals surface area contributed by atoms with Crippen molar-refractivity contribution in [2.75, 3.05) is 11.9 Å². The van der Waals surface area contributed by atoms with E-state index in [-0.39, 0.29) is 0 Å². The minimum Gasteiger partial charge on any atom is -0.381 e. The number of hydrogen-bond acceptors (Lipinski definition) is 2. The lowest BCUT2D eigenvalue weighted by Gasteiger charge is -2.14. The smallest absolute Gasteiger partial charge is 0.0723 e. The fourth-order valence-electron chi connectivity index (χ4n) is 1.85. The summed E-state index contributed by atoms with van der Waals surface area (Å²) in [6.45, 7) is 0.904. The topological polar surface area (TPSA) is 24.9 Å². The Labute approximate surface area is 82.3 Å². The molecule has 2 aromatic rings. The number of pyridine rings is 1. The van der Waals surface area contributed by atoms with Gasteiger partial charge in [0.05, 0.1) is 11.2 Å². The van der Waals surface area contributed by atoms with Crippen LogP contribution in [0, 0.1) is 0 Å². The van der Waals surface area contributed by atoms with Crippen LogP contribution in [0.15, 0.2) is 36.5 Å². The molecule has 1 N–H and O–H groups in total. The Balaban J connectivity index is 2.41. The number of nitrogens with zero attached hydrogens (tertiary/aromatic N) is 1. The van der Waals surface area contributed by atoms with Crippen molar-refractivity contribution in [3.8, 4) is 0 Å². The van der Waals surface area contributed by atoms with Gasteiger partial charge in [-0.3, -0.25) is 4.98 Å². The van der Waals surface area contributed by atoms with Crippen LogP contribution in [0.3, 0.4) is 0 Å². The highest BCUT2D eigenvalue weighted by molar-refractivity contribution is 5.96. The molecule has 2 heteroatoms. The van der Waals surface area contributed by atoms with E-state index in [1.54, 1.807) is 0 Å². The van der Waals surface area contributed by atoms with Crippen LogP contribution in [0.4, 0.5) is 5.69 Å². The molecule has 0 radical (unpaired) electrons. The number of fused-ring (bicyclic) bond motifs is 3. The molecule has 0 saturated heterocycles. The standard InChI is InChI=1S/C12H10N2/c1-3-9-5-6-11-10(4-2-7-13-11)12(9)14-8-1/h1-7,14H,8H2. The molecular weight excluding hydrogens is 172 g/mol. The van der Waals surface area contributed by atoms with Crippen LogP contribution in [0.25, 0.3) is 17.0 Å². The third kappa shape index (κ3) is 1.01. The molecule has 2 heterocycles. The maximum absolute atomic E-state index is 4.33. The summed E-state index contributed by atoms with van der Waals surface area (Å²) < 4.78 is 0. The van der Waals surface area contributed by atoms with Crippen molar-refractivity contribution < 1.29 is 0 Å². The average molecular weight is 182 g/mol. The van der Waals surface area contributed by atoms with Gasteiger partial charge in [-0.05, 0) is 23.8 Å². The molecule has 2 nitrogen and oxygen atoms in total. The monoisotopic (exact) mass is 182 g/mol. The van der Waals surface area contributed by atoms with Crippen LogP contribution in [0.2, 0.25) is 0 Å². The summed E-state index contributed by atoms with van der Waals surface area (Å²) in [7, 11) is 0. The molecule has 68 valence electrons. The normalized spacial score (nSPS) is 13.7. The molecule has 1 aromatic heterocycles. The largest absolute Gasteiger partial charge is 0.381 e. The van der Waals surface area contributed by atoms with E-state index in [2.05, 4.69) is 40.7 Å². The molecule has 0 unspecified atom stereocenters. The molecule has 0 aliphatic carbocycles. The van der Waals surface area contributed by atoms with Crippen molar-refractivity contribution >= 4 is 22.7 Å². The Morgan fingerprint density at radius 2 is 2.21 bits per heavy atom. The van der Waals surface area contributed by atoms with Crippen molar-refractivity contribution in [2.45, 2.75) is 0 Å². The third-order valence-electron chi connectivity index (χ3n) is 2.51. The summed E-state index contributed by atoms with van der Waals surface area (Å²) in [5.41, 5.74) is 3.50. The van der Waals surface area contributed by atoms with Gasteiger partial charge in [-0.25, -0.2) is 0 Å². The summed E-state index contributed by atoms with van der Waals surface area (Å²) in [6.07, 6.45) is 6.11. The van der Waals surface area contributed by atoms with Gasteiger partial charge in [-0.15, -0.1) is 0 Å². The molecule has 1 aromatic carbocycles. The molecule has 0 amide bonds. The fourth-order valence-corrected chi connectivity index (χ4v) is 1.85. The summed E-state index contributed by atoms with van der Waals surface area (Å²) in [4.78, 5) is 4.33. The zero-order valence-electron chi connectivity index (χ0n) is 7.70. The second-order valence-electron chi connectivity index (χ2n) is 3.38. The van der Waals surface area contributed by atoms with Crippen molar-refractivity contribution in [1.29, 1.82) is 0 Å². The highest BCUT2D eigenvalue weighted by Gasteiger charge is 2.07. The van der Waals surface area contributed by atoms with Crippen LogP contribution >= 0.6 is 0 Å². The molecule has 1 aliphatic heterocycles. The first kappa shape index (κ1) is 7.56. The lowest BCUT2D eigenvalue weighted by Crippen LogP contribution is -2.04. The van der Waals surface area contributed by atoms with Gasteiger partial charge in [0.1, 0.15) is 0 Å². The van der Waals surface area contributed by atoms with Crippen LogP contribution in [0.1, 0.15) is 5.56 Å². The highest BCUT2D eigenvalue weighted by atomic mass is 14.9. The van der Waals surface area contributed by atoms with Gasteiger partial charge in [-0.1, -0.05) is 18.2 Å². The maximum atomic E-state index is 4.33. The average Bonchev–Trinajstić information content (AvgIpc) is 2.29. The summed E-state index contributed by atoms with van der Waals surface area (Å²) in [5.74, 6) is 0. The van der Waals surface area contributed by atoms with Gasteiger partial charge >= 0.3 is 0 Å². The van der Waals surface area contributed by atoms with Crippen LogP contribution in [0.5, 0.6) is 0 Å². The quantitative estimate of drug-likeness (QED) is 0.677. The Bertz CT molecular complexity index is 515. The Morgan fingerprint density at radius 1 is 1.21 bits per heavy atom. The van der Waals surface area contributed by atoms with E-state index in [1.807, 2.05) is 12.3 Å². The molecule has 0 saturated carbocycles. The van der Waals surface area contributed by atoms with Gasteiger partial charge in [0, 0.05) is 18.1 Å². The van der Waals surface area contributed by atoms with Gasteiger partial charge in [0.25, 0.3) is 0 Å². The first-order valence-electron chi connectivity index (χ1n) is 4.73. The molecule has 0 bridgehead atoms. The van der Waals surface area contributed by atoms with Crippen LogP contribution in [-0.2, 0) is 0 Å². The predicted octanol–water partition coefficient (Wildman–Crippen LogP) is 2.67. The SMILES string of the molecule is C1=Cc2ccc3ncccc3c2NC1. The lowest BCUT2D eigenvalue weighted by molar-refractivity contribution is 1.31. The molecule has 14 heavy (non-hydrogen) atoms. The fraction of sp³-hybridized carbons (Fsp3) is 0.0833. The zero-order valence-corrected chi connectivity index (χ0v) is 7.70. The van der Waals surface area contributed by atoms with Crippen molar-refractivity contribution in [2.24, 2.45) is 0 Å². The zero-order chi connectivity index (χ0) is 9.38.